The zero-order chi connectivity index (χ0) is 11.6. The first-order valence-corrected chi connectivity index (χ1v) is 5.13. The summed E-state index contributed by atoms with van der Waals surface area (Å²) >= 11 is 11.8. The van der Waals surface area contributed by atoms with E-state index in [1.807, 2.05) is 13.8 Å². The molecule has 0 saturated carbocycles. The minimum Gasteiger partial charge on any atom is -0.488 e. The van der Waals surface area contributed by atoms with Gasteiger partial charge in [-0.25, -0.2) is 0 Å². The fourth-order valence-electron chi connectivity index (χ4n) is 1.05. The van der Waals surface area contributed by atoms with Gasteiger partial charge in [-0.2, -0.15) is 0 Å². The molecule has 0 atom stereocenters. The maximum Gasteiger partial charge on any atom is 0.248 e. The lowest BCUT2D eigenvalue weighted by atomic mass is 10.2. The second-order valence-electron chi connectivity index (χ2n) is 3.30. The van der Waals surface area contributed by atoms with Crippen molar-refractivity contribution in [3.05, 3.63) is 27.7 Å². The molecule has 1 aromatic rings. The SMILES string of the molecule is CC(C)Oc1c(Cl)cc(C(N)=O)cc1Cl. The lowest BCUT2D eigenvalue weighted by Gasteiger charge is -2.13. The molecule has 1 amide bonds. The Balaban J connectivity index is 3.15. The third-order valence-corrected chi connectivity index (χ3v) is 2.20. The van der Waals surface area contributed by atoms with E-state index in [1.54, 1.807) is 0 Å². The minimum absolute atomic E-state index is 0.0422. The Morgan fingerprint density at radius 2 is 1.80 bits per heavy atom. The van der Waals surface area contributed by atoms with Crippen LogP contribution in [0.15, 0.2) is 12.1 Å². The molecule has 0 unspecified atom stereocenters. The third kappa shape index (κ3) is 3.01. The second kappa shape index (κ2) is 4.73. The van der Waals surface area contributed by atoms with Gasteiger partial charge in [-0.1, -0.05) is 23.2 Å². The van der Waals surface area contributed by atoms with Gasteiger partial charge in [-0.15, -0.1) is 0 Å². The van der Waals surface area contributed by atoms with Gasteiger partial charge < -0.3 is 10.5 Å². The van der Waals surface area contributed by atoms with Crippen molar-refractivity contribution >= 4 is 29.1 Å². The highest BCUT2D eigenvalue weighted by Gasteiger charge is 2.13. The molecule has 0 fully saturated rings. The first-order valence-electron chi connectivity index (χ1n) is 4.37. The van der Waals surface area contributed by atoms with Gasteiger partial charge in [-0.3, -0.25) is 4.79 Å². The predicted molar refractivity (Wildman–Crippen MR) is 60.7 cm³/mol. The molecule has 82 valence electrons. The monoisotopic (exact) mass is 247 g/mol. The van der Waals surface area contributed by atoms with Crippen LogP contribution in [0, 0.1) is 0 Å². The van der Waals surface area contributed by atoms with E-state index in [9.17, 15) is 4.79 Å². The van der Waals surface area contributed by atoms with Gasteiger partial charge in [0.2, 0.25) is 5.91 Å². The van der Waals surface area contributed by atoms with Crippen LogP contribution in [0.2, 0.25) is 10.0 Å². The van der Waals surface area contributed by atoms with Crippen molar-refractivity contribution in [3.63, 3.8) is 0 Å². The summed E-state index contributed by atoms with van der Waals surface area (Å²) in [6.07, 6.45) is -0.0422. The molecule has 0 aliphatic heterocycles. The number of halogens is 2. The lowest BCUT2D eigenvalue weighted by molar-refractivity contribution is 0.100. The summed E-state index contributed by atoms with van der Waals surface area (Å²) in [4.78, 5) is 10.9. The third-order valence-electron chi connectivity index (χ3n) is 1.64. The molecule has 0 heterocycles. The number of primary amides is 1. The van der Waals surface area contributed by atoms with Crippen molar-refractivity contribution < 1.29 is 9.53 Å². The molecule has 1 rings (SSSR count). The number of carbonyl (C=O) groups excluding carboxylic acids is 1. The fraction of sp³-hybridized carbons (Fsp3) is 0.300. The van der Waals surface area contributed by atoms with Gasteiger partial charge in [0.1, 0.15) is 0 Å². The molecule has 2 N–H and O–H groups in total. The summed E-state index contributed by atoms with van der Waals surface area (Å²) in [6, 6.07) is 2.88. The first-order chi connectivity index (χ1) is 6.91. The highest BCUT2D eigenvalue weighted by Crippen LogP contribution is 2.34. The van der Waals surface area contributed by atoms with Crippen LogP contribution in [0.4, 0.5) is 0 Å². The van der Waals surface area contributed by atoms with E-state index in [0.717, 1.165) is 0 Å². The van der Waals surface area contributed by atoms with Gasteiger partial charge >= 0.3 is 0 Å². The van der Waals surface area contributed by atoms with E-state index < -0.39 is 5.91 Å². The van der Waals surface area contributed by atoms with Gasteiger partial charge in [0.05, 0.1) is 16.1 Å². The van der Waals surface area contributed by atoms with E-state index in [4.69, 9.17) is 33.7 Å². The van der Waals surface area contributed by atoms with Crippen LogP contribution in [-0.2, 0) is 0 Å². The van der Waals surface area contributed by atoms with Crippen LogP contribution in [0.25, 0.3) is 0 Å². The number of benzene rings is 1. The quantitative estimate of drug-likeness (QED) is 0.894. The highest BCUT2D eigenvalue weighted by atomic mass is 35.5. The van der Waals surface area contributed by atoms with Crippen molar-refractivity contribution in [2.24, 2.45) is 5.73 Å². The number of carbonyl (C=O) groups is 1. The van der Waals surface area contributed by atoms with Crippen LogP contribution < -0.4 is 10.5 Å². The van der Waals surface area contributed by atoms with E-state index in [0.29, 0.717) is 5.75 Å². The summed E-state index contributed by atoms with van der Waals surface area (Å²) in [7, 11) is 0. The molecular formula is C10H11Cl2NO2. The van der Waals surface area contributed by atoms with E-state index in [1.165, 1.54) is 12.1 Å². The second-order valence-corrected chi connectivity index (χ2v) is 4.11. The summed E-state index contributed by atoms with van der Waals surface area (Å²) in [5, 5.41) is 0.565. The van der Waals surface area contributed by atoms with Crippen LogP contribution in [0.5, 0.6) is 5.75 Å². The fourth-order valence-corrected chi connectivity index (χ4v) is 1.63. The Morgan fingerprint density at radius 3 is 2.13 bits per heavy atom. The standard InChI is InChI=1S/C10H11Cl2NO2/c1-5(2)15-9-7(11)3-6(10(13)14)4-8(9)12/h3-5H,1-2H3,(H2,13,14). The van der Waals surface area contributed by atoms with Crippen molar-refractivity contribution in [1.29, 1.82) is 0 Å². The van der Waals surface area contributed by atoms with Gasteiger partial charge in [-0.05, 0) is 26.0 Å². The molecule has 0 bridgehead atoms. The van der Waals surface area contributed by atoms with Crippen LogP contribution in [0.1, 0.15) is 24.2 Å². The summed E-state index contributed by atoms with van der Waals surface area (Å²) < 4.78 is 5.39. The largest absolute Gasteiger partial charge is 0.488 e. The molecule has 0 radical (unpaired) electrons. The normalized spacial score (nSPS) is 10.5. The number of amides is 1. The van der Waals surface area contributed by atoms with Gasteiger partial charge in [0.15, 0.2) is 5.75 Å². The molecule has 0 aliphatic carbocycles. The maximum atomic E-state index is 10.9. The highest BCUT2D eigenvalue weighted by molar-refractivity contribution is 6.37. The van der Waals surface area contributed by atoms with Crippen LogP contribution in [0.3, 0.4) is 0 Å². The molecule has 5 heteroatoms. The zero-order valence-electron chi connectivity index (χ0n) is 8.38. The molecule has 0 saturated heterocycles. The number of nitrogens with two attached hydrogens (primary N) is 1. The summed E-state index contributed by atoms with van der Waals surface area (Å²) in [5.41, 5.74) is 5.37. The van der Waals surface area contributed by atoms with Crippen LogP contribution >= 0.6 is 23.2 Å². The van der Waals surface area contributed by atoms with Crippen molar-refractivity contribution in [3.8, 4) is 5.75 Å². The Kier molecular flexibility index (Phi) is 3.83. The number of ether oxygens (including phenoxy) is 1. The van der Waals surface area contributed by atoms with E-state index in [2.05, 4.69) is 0 Å². The smallest absolute Gasteiger partial charge is 0.248 e. The molecule has 0 spiro atoms. The molecule has 1 aromatic carbocycles. The Labute approximate surface area is 98.1 Å². The molecule has 15 heavy (non-hydrogen) atoms. The van der Waals surface area contributed by atoms with Crippen molar-refractivity contribution in [1.82, 2.24) is 0 Å². The molecular weight excluding hydrogens is 237 g/mol. The number of hydrogen-bond donors (Lipinski definition) is 1. The average molecular weight is 248 g/mol. The average Bonchev–Trinajstić information content (AvgIpc) is 2.10. The molecule has 0 aliphatic rings. The van der Waals surface area contributed by atoms with Crippen LogP contribution in [-0.4, -0.2) is 12.0 Å². The topological polar surface area (TPSA) is 52.3 Å². The number of rotatable bonds is 3. The van der Waals surface area contributed by atoms with E-state index in [-0.39, 0.29) is 21.7 Å². The Bertz CT molecular complexity index is 368. The Hall–Kier alpha value is -0.930. The zero-order valence-corrected chi connectivity index (χ0v) is 9.89. The minimum atomic E-state index is -0.574. The summed E-state index contributed by atoms with van der Waals surface area (Å²) in [6.45, 7) is 3.71. The lowest BCUT2D eigenvalue weighted by Crippen LogP contribution is -2.12. The first kappa shape index (κ1) is 12.1. The summed E-state index contributed by atoms with van der Waals surface area (Å²) in [5.74, 6) is -0.201. The number of hydrogen-bond acceptors (Lipinski definition) is 2. The van der Waals surface area contributed by atoms with Gasteiger partial charge in [0.25, 0.3) is 0 Å². The predicted octanol–water partition coefficient (Wildman–Crippen LogP) is 2.88. The molecule has 0 aromatic heterocycles. The maximum absolute atomic E-state index is 10.9. The molecule has 3 nitrogen and oxygen atoms in total. The Morgan fingerprint density at radius 1 is 1.33 bits per heavy atom. The van der Waals surface area contributed by atoms with Gasteiger partial charge in [0, 0.05) is 5.56 Å². The van der Waals surface area contributed by atoms with Crippen molar-refractivity contribution in [2.45, 2.75) is 20.0 Å². The van der Waals surface area contributed by atoms with Crippen molar-refractivity contribution in [2.75, 3.05) is 0 Å². The van der Waals surface area contributed by atoms with E-state index >= 15 is 0 Å².